The molecule has 0 spiro atoms. The summed E-state index contributed by atoms with van der Waals surface area (Å²) in [5, 5.41) is 11.2. The number of anilines is 4. The van der Waals surface area contributed by atoms with E-state index >= 15 is 0 Å². The molecule has 6 aromatic rings. The fraction of sp³-hybridized carbons (Fsp3) is 0.267. The smallest absolute Gasteiger partial charge is 0.346 e. The van der Waals surface area contributed by atoms with Gasteiger partial charge >= 0.3 is 11.7 Å². The Morgan fingerprint density at radius 1 is 0.833 bits per heavy atom. The third-order valence-electron chi connectivity index (χ3n) is 7.70. The lowest BCUT2D eigenvalue weighted by molar-refractivity contribution is 0.295. The Morgan fingerprint density at radius 3 is 2.10 bits per heavy atom. The molecule has 0 fully saturated rings. The molecule has 0 aliphatic rings. The first-order chi connectivity index (χ1) is 20.2. The molecule has 4 aromatic heterocycles. The van der Waals surface area contributed by atoms with Crippen molar-refractivity contribution in [3.05, 3.63) is 82.3 Å². The first-order valence-corrected chi connectivity index (χ1v) is 13.6. The number of hydrogen-bond donors (Lipinski definition) is 1. The van der Waals surface area contributed by atoms with E-state index in [1.807, 2.05) is 97.6 Å². The third-order valence-corrected chi connectivity index (χ3v) is 7.70. The maximum Gasteiger partial charge on any atom is 0.346 e. The van der Waals surface area contributed by atoms with E-state index < -0.39 is 5.69 Å². The van der Waals surface area contributed by atoms with E-state index in [2.05, 4.69) is 42.3 Å². The van der Waals surface area contributed by atoms with Crippen molar-refractivity contribution < 1.29 is 4.74 Å². The second-order valence-corrected chi connectivity index (χ2v) is 10.3. The molecule has 0 unspecified atom stereocenters. The first-order valence-electron chi connectivity index (χ1n) is 13.6. The summed E-state index contributed by atoms with van der Waals surface area (Å²) >= 11 is 0. The van der Waals surface area contributed by atoms with Gasteiger partial charge < -0.3 is 14.5 Å². The van der Waals surface area contributed by atoms with Crippen LogP contribution in [-0.4, -0.2) is 60.2 Å². The zero-order valence-corrected chi connectivity index (χ0v) is 24.5. The van der Waals surface area contributed by atoms with Crippen LogP contribution in [0.25, 0.3) is 21.8 Å². The number of ether oxygens (including phenoxy) is 1. The van der Waals surface area contributed by atoms with E-state index in [1.54, 1.807) is 6.20 Å². The molecule has 1 N–H and O–H groups in total. The molecule has 4 heterocycles. The van der Waals surface area contributed by atoms with Crippen molar-refractivity contribution in [2.45, 2.75) is 20.3 Å². The normalized spacial score (nSPS) is 11.4. The van der Waals surface area contributed by atoms with Crippen LogP contribution >= 0.6 is 0 Å². The van der Waals surface area contributed by atoms with E-state index in [0.717, 1.165) is 44.6 Å². The van der Waals surface area contributed by atoms with Gasteiger partial charge in [-0.2, -0.15) is 20.2 Å². The van der Waals surface area contributed by atoms with Crippen LogP contribution in [-0.2, 0) is 20.5 Å². The lowest BCUT2D eigenvalue weighted by Crippen LogP contribution is -2.21. The van der Waals surface area contributed by atoms with Gasteiger partial charge in [-0.25, -0.2) is 9.78 Å². The highest BCUT2D eigenvalue weighted by Gasteiger charge is 2.14. The van der Waals surface area contributed by atoms with Crippen molar-refractivity contribution >= 4 is 44.8 Å². The summed E-state index contributed by atoms with van der Waals surface area (Å²) < 4.78 is 9.62. The monoisotopic (exact) mass is 564 g/mol. The summed E-state index contributed by atoms with van der Waals surface area (Å²) in [5.41, 5.74) is 6.13. The molecule has 6 rings (SSSR count). The molecule has 2 aromatic carbocycles. The van der Waals surface area contributed by atoms with Crippen molar-refractivity contribution in [1.82, 2.24) is 39.5 Å². The van der Waals surface area contributed by atoms with Crippen LogP contribution in [0.15, 0.2) is 59.5 Å². The van der Waals surface area contributed by atoms with Gasteiger partial charge in [0.2, 0.25) is 0 Å². The van der Waals surface area contributed by atoms with Gasteiger partial charge in [-0.15, -0.1) is 0 Å². The number of rotatable bonds is 8. The van der Waals surface area contributed by atoms with E-state index in [1.165, 1.54) is 0 Å². The summed E-state index contributed by atoms with van der Waals surface area (Å²) in [6, 6.07) is 16.1. The summed E-state index contributed by atoms with van der Waals surface area (Å²) in [6.45, 7) is 4.34. The van der Waals surface area contributed by atoms with Crippen molar-refractivity contribution in [3.8, 4) is 6.01 Å². The average Bonchev–Trinajstić information content (AvgIpc) is 3.44. The van der Waals surface area contributed by atoms with Crippen molar-refractivity contribution in [2.24, 2.45) is 14.1 Å². The maximum absolute atomic E-state index is 12.4. The number of nitrogens with zero attached hydrogens (tertiary/aromatic N) is 9. The third kappa shape index (κ3) is 5.02. The minimum atomic E-state index is -0.423. The van der Waals surface area contributed by atoms with Gasteiger partial charge in [-0.1, -0.05) is 0 Å². The highest BCUT2D eigenvalue weighted by atomic mass is 16.5. The van der Waals surface area contributed by atoms with Crippen LogP contribution in [0, 0.1) is 13.8 Å². The molecule has 12 heteroatoms. The molecule has 0 aliphatic heterocycles. The molecule has 0 saturated heterocycles. The number of nitrogens with one attached hydrogen (secondary N) is 1. The van der Waals surface area contributed by atoms with Crippen molar-refractivity contribution in [2.75, 3.05) is 30.5 Å². The molecule has 0 saturated carbocycles. The van der Waals surface area contributed by atoms with E-state index in [0.29, 0.717) is 23.8 Å². The Labute approximate surface area is 242 Å². The number of hydrogen-bond acceptors (Lipinski definition) is 9. The Balaban J connectivity index is 1.15. The molecule has 0 aliphatic carbocycles. The van der Waals surface area contributed by atoms with E-state index in [4.69, 9.17) is 4.74 Å². The fourth-order valence-electron chi connectivity index (χ4n) is 4.95. The number of aromatic nitrogens is 8. The lowest BCUT2D eigenvalue weighted by Gasteiger charge is -2.19. The van der Waals surface area contributed by atoms with Crippen molar-refractivity contribution in [1.29, 1.82) is 0 Å². The maximum atomic E-state index is 12.4. The van der Waals surface area contributed by atoms with Crippen LogP contribution in [0.5, 0.6) is 6.01 Å². The predicted octanol–water partition coefficient (Wildman–Crippen LogP) is 4.11. The topological polar surface area (TPSA) is 123 Å². The first kappa shape index (κ1) is 26.9. The molecule has 0 amide bonds. The van der Waals surface area contributed by atoms with Gasteiger partial charge in [-0.05, 0) is 56.3 Å². The second-order valence-electron chi connectivity index (χ2n) is 10.3. The Morgan fingerprint density at radius 2 is 1.45 bits per heavy atom. The summed E-state index contributed by atoms with van der Waals surface area (Å²) in [7, 11) is 7.72. The predicted molar refractivity (Wildman–Crippen MR) is 163 cm³/mol. The molecule has 0 atom stereocenters. The van der Waals surface area contributed by atoms with E-state index in [-0.39, 0.29) is 12.6 Å². The SMILES string of the molecule is Cc1c2cc(N(C)c3ccnc(OCCc4cc(N(C)c5ccc6nn(C)c(C)c6c5)[nH]c(=O)n4)n3)ccc2nn1C. The number of benzene rings is 2. The molecule has 214 valence electrons. The molecule has 0 radical (unpaired) electrons. The lowest BCUT2D eigenvalue weighted by atomic mass is 10.2. The Kier molecular flexibility index (Phi) is 6.81. The highest BCUT2D eigenvalue weighted by Crippen LogP contribution is 2.29. The van der Waals surface area contributed by atoms with Crippen LogP contribution in [0.2, 0.25) is 0 Å². The summed E-state index contributed by atoms with van der Waals surface area (Å²) in [6.07, 6.45) is 2.08. The van der Waals surface area contributed by atoms with Crippen LogP contribution in [0.1, 0.15) is 17.1 Å². The zero-order valence-electron chi connectivity index (χ0n) is 24.5. The summed E-state index contributed by atoms with van der Waals surface area (Å²) in [5.74, 6) is 1.33. The number of fused-ring (bicyclic) bond motifs is 2. The molecule has 12 nitrogen and oxygen atoms in total. The Bertz CT molecular complexity index is 1990. The Hall–Kier alpha value is -5.26. The van der Waals surface area contributed by atoms with Gasteiger partial charge in [0.25, 0.3) is 0 Å². The van der Waals surface area contributed by atoms with Gasteiger partial charge in [-0.3, -0.25) is 14.3 Å². The fourth-order valence-corrected chi connectivity index (χ4v) is 4.95. The highest BCUT2D eigenvalue weighted by molar-refractivity contribution is 5.87. The molecule has 0 bridgehead atoms. The van der Waals surface area contributed by atoms with Crippen molar-refractivity contribution in [3.63, 3.8) is 0 Å². The molecular formula is C30H32N10O2. The quantitative estimate of drug-likeness (QED) is 0.291. The van der Waals surface area contributed by atoms with E-state index in [9.17, 15) is 4.79 Å². The summed E-state index contributed by atoms with van der Waals surface area (Å²) in [4.78, 5) is 32.2. The minimum Gasteiger partial charge on any atom is -0.463 e. The van der Waals surface area contributed by atoms with Crippen LogP contribution < -0.4 is 20.2 Å². The average molecular weight is 565 g/mol. The molecular weight excluding hydrogens is 532 g/mol. The zero-order chi connectivity index (χ0) is 29.5. The standard InChI is InChI=1S/C30H32N10O2/c1-18-23-16-21(7-9-25(23)35-39(18)5)37(3)27-11-13-31-30(34-27)42-14-12-20-15-28(33-29(41)32-20)38(4)22-8-10-26-24(17-22)19(2)40(6)36-26/h7-11,13,15-17H,12,14H2,1-6H3,(H,32,33,41). The van der Waals surface area contributed by atoms with Gasteiger partial charge in [0.05, 0.1) is 23.3 Å². The van der Waals surface area contributed by atoms with Crippen LogP contribution in [0.3, 0.4) is 0 Å². The van der Waals surface area contributed by atoms with Gasteiger partial charge in [0, 0.05) is 80.4 Å². The minimum absolute atomic E-state index is 0.250. The number of aryl methyl sites for hydroxylation is 4. The van der Waals surface area contributed by atoms with Gasteiger partial charge in [0.15, 0.2) is 0 Å². The van der Waals surface area contributed by atoms with Crippen LogP contribution in [0.4, 0.5) is 23.0 Å². The number of aromatic amines is 1. The van der Waals surface area contributed by atoms with Gasteiger partial charge in [0.1, 0.15) is 11.6 Å². The molecule has 42 heavy (non-hydrogen) atoms. The second kappa shape index (κ2) is 10.6. The number of H-pyrrole nitrogens is 1. The largest absolute Gasteiger partial charge is 0.463 e.